The van der Waals surface area contributed by atoms with Gasteiger partial charge in [0.25, 0.3) is 0 Å². The van der Waals surface area contributed by atoms with Crippen molar-refractivity contribution in [2.45, 2.75) is 19.2 Å². The Morgan fingerprint density at radius 2 is 1.47 bits per heavy atom. The Labute approximate surface area is 190 Å². The monoisotopic (exact) mass is 443 g/mol. The standard InChI is InChI=1S/C25H34FN3O3/c26-23-5-1-3-21(15-23)17-27-7-9-28(10-8-27)18-22-4-2-6-25(16-22)32-20-24(30)19-29-11-13-31-14-12-29/h1-6,15-16,24,30H,7-14,17-20H2. The molecule has 2 aromatic rings. The van der Waals surface area contributed by atoms with E-state index in [9.17, 15) is 9.50 Å². The molecule has 0 aromatic heterocycles. The summed E-state index contributed by atoms with van der Waals surface area (Å²) < 4.78 is 24.6. The van der Waals surface area contributed by atoms with Gasteiger partial charge in [0.2, 0.25) is 0 Å². The molecule has 32 heavy (non-hydrogen) atoms. The number of rotatable bonds is 9. The lowest BCUT2D eigenvalue weighted by Gasteiger charge is -2.34. The molecule has 2 saturated heterocycles. The number of morpholine rings is 1. The first-order valence-electron chi connectivity index (χ1n) is 11.5. The second kappa shape index (κ2) is 11.7. The molecule has 1 atom stereocenters. The van der Waals surface area contributed by atoms with E-state index in [0.717, 1.165) is 76.9 Å². The first kappa shape index (κ1) is 23.1. The second-order valence-electron chi connectivity index (χ2n) is 8.71. The average molecular weight is 444 g/mol. The molecule has 0 amide bonds. The summed E-state index contributed by atoms with van der Waals surface area (Å²) in [7, 11) is 0. The van der Waals surface area contributed by atoms with Gasteiger partial charge >= 0.3 is 0 Å². The largest absolute Gasteiger partial charge is 0.491 e. The lowest BCUT2D eigenvalue weighted by molar-refractivity contribution is 0.00464. The summed E-state index contributed by atoms with van der Waals surface area (Å²) in [4.78, 5) is 7.02. The first-order valence-corrected chi connectivity index (χ1v) is 11.5. The smallest absolute Gasteiger partial charge is 0.123 e. The first-order chi connectivity index (χ1) is 15.6. The van der Waals surface area contributed by atoms with Crippen molar-refractivity contribution < 1.29 is 19.0 Å². The molecule has 0 bridgehead atoms. The molecule has 6 nitrogen and oxygen atoms in total. The topological polar surface area (TPSA) is 48.4 Å². The molecule has 0 radical (unpaired) electrons. The molecule has 1 unspecified atom stereocenters. The number of piperazine rings is 1. The minimum atomic E-state index is -0.511. The highest BCUT2D eigenvalue weighted by molar-refractivity contribution is 5.28. The molecule has 0 aliphatic carbocycles. The van der Waals surface area contributed by atoms with Crippen LogP contribution in [0.25, 0.3) is 0 Å². The highest BCUT2D eigenvalue weighted by Gasteiger charge is 2.18. The van der Waals surface area contributed by atoms with Gasteiger partial charge in [-0.05, 0) is 35.4 Å². The van der Waals surface area contributed by atoms with E-state index >= 15 is 0 Å². The number of benzene rings is 2. The third kappa shape index (κ3) is 7.25. The third-order valence-corrected chi connectivity index (χ3v) is 6.08. The van der Waals surface area contributed by atoms with E-state index in [1.807, 2.05) is 18.2 Å². The zero-order chi connectivity index (χ0) is 22.2. The van der Waals surface area contributed by atoms with Crippen LogP contribution in [0.1, 0.15) is 11.1 Å². The van der Waals surface area contributed by atoms with Crippen LogP contribution in [0.15, 0.2) is 48.5 Å². The van der Waals surface area contributed by atoms with Crippen molar-refractivity contribution in [3.8, 4) is 5.75 Å². The Morgan fingerprint density at radius 1 is 0.844 bits per heavy atom. The number of β-amino-alcohol motifs (C(OH)–C–C–N with tert-alkyl or cyclic N) is 1. The Balaban J connectivity index is 1.19. The fraction of sp³-hybridized carbons (Fsp3) is 0.520. The predicted octanol–water partition coefficient (Wildman–Crippen LogP) is 2.22. The molecular weight excluding hydrogens is 409 g/mol. The van der Waals surface area contributed by atoms with Crippen molar-refractivity contribution in [1.82, 2.24) is 14.7 Å². The quantitative estimate of drug-likeness (QED) is 0.642. The molecule has 2 aromatic carbocycles. The van der Waals surface area contributed by atoms with Crippen LogP contribution in [0.3, 0.4) is 0 Å². The van der Waals surface area contributed by atoms with Gasteiger partial charge in [-0.15, -0.1) is 0 Å². The van der Waals surface area contributed by atoms with E-state index < -0.39 is 6.10 Å². The van der Waals surface area contributed by atoms with E-state index in [0.29, 0.717) is 13.2 Å². The van der Waals surface area contributed by atoms with Gasteiger partial charge in [-0.25, -0.2) is 4.39 Å². The number of aliphatic hydroxyl groups is 1. The Bertz CT molecular complexity index is 839. The Hall–Kier alpha value is -2.03. The van der Waals surface area contributed by atoms with Crippen LogP contribution in [0.2, 0.25) is 0 Å². The van der Waals surface area contributed by atoms with Gasteiger partial charge in [0.1, 0.15) is 24.3 Å². The maximum atomic E-state index is 13.4. The van der Waals surface area contributed by atoms with Gasteiger partial charge in [-0.1, -0.05) is 24.3 Å². The van der Waals surface area contributed by atoms with Crippen molar-refractivity contribution in [2.24, 2.45) is 0 Å². The van der Waals surface area contributed by atoms with Gasteiger partial charge in [-0.3, -0.25) is 14.7 Å². The Morgan fingerprint density at radius 3 is 2.12 bits per heavy atom. The number of halogens is 1. The van der Waals surface area contributed by atoms with Crippen LogP contribution in [0, 0.1) is 5.82 Å². The summed E-state index contributed by atoms with van der Waals surface area (Å²) in [6.45, 7) is 9.68. The van der Waals surface area contributed by atoms with Crippen LogP contribution < -0.4 is 4.74 Å². The molecule has 2 aliphatic rings. The number of ether oxygens (including phenoxy) is 2. The summed E-state index contributed by atoms with van der Waals surface area (Å²) in [6, 6.07) is 15.0. The van der Waals surface area contributed by atoms with Crippen LogP contribution >= 0.6 is 0 Å². The van der Waals surface area contributed by atoms with Crippen molar-refractivity contribution in [3.63, 3.8) is 0 Å². The van der Waals surface area contributed by atoms with E-state index in [1.54, 1.807) is 12.1 Å². The van der Waals surface area contributed by atoms with E-state index in [1.165, 1.54) is 11.6 Å². The fourth-order valence-corrected chi connectivity index (χ4v) is 4.32. The van der Waals surface area contributed by atoms with Gasteiger partial charge in [0, 0.05) is 58.9 Å². The lowest BCUT2D eigenvalue weighted by Crippen LogP contribution is -2.45. The van der Waals surface area contributed by atoms with Crippen molar-refractivity contribution >= 4 is 0 Å². The molecule has 2 heterocycles. The molecule has 7 heteroatoms. The summed E-state index contributed by atoms with van der Waals surface area (Å²) in [5, 5.41) is 10.3. The minimum Gasteiger partial charge on any atom is -0.491 e. The summed E-state index contributed by atoms with van der Waals surface area (Å²) in [5.41, 5.74) is 2.24. The van der Waals surface area contributed by atoms with Gasteiger partial charge < -0.3 is 14.6 Å². The number of nitrogens with zero attached hydrogens (tertiary/aromatic N) is 3. The molecule has 2 aliphatic heterocycles. The number of aliphatic hydroxyl groups excluding tert-OH is 1. The molecule has 4 rings (SSSR count). The second-order valence-corrected chi connectivity index (χ2v) is 8.71. The minimum absolute atomic E-state index is 0.170. The maximum absolute atomic E-state index is 13.4. The lowest BCUT2D eigenvalue weighted by atomic mass is 10.1. The molecule has 174 valence electrons. The maximum Gasteiger partial charge on any atom is 0.123 e. The van der Waals surface area contributed by atoms with Crippen LogP contribution in [-0.2, 0) is 17.8 Å². The Kier molecular flexibility index (Phi) is 8.48. The van der Waals surface area contributed by atoms with E-state index in [2.05, 4.69) is 26.8 Å². The zero-order valence-electron chi connectivity index (χ0n) is 18.7. The highest BCUT2D eigenvalue weighted by Crippen LogP contribution is 2.17. The van der Waals surface area contributed by atoms with Crippen molar-refractivity contribution in [3.05, 3.63) is 65.5 Å². The average Bonchev–Trinajstić information content (AvgIpc) is 2.80. The molecule has 1 N–H and O–H groups in total. The van der Waals surface area contributed by atoms with Crippen molar-refractivity contribution in [2.75, 3.05) is 65.6 Å². The third-order valence-electron chi connectivity index (χ3n) is 6.08. The van der Waals surface area contributed by atoms with Crippen LogP contribution in [-0.4, -0.2) is 91.5 Å². The van der Waals surface area contributed by atoms with Crippen LogP contribution in [0.5, 0.6) is 5.75 Å². The van der Waals surface area contributed by atoms with Crippen LogP contribution in [0.4, 0.5) is 4.39 Å². The summed E-state index contributed by atoms with van der Waals surface area (Å²) >= 11 is 0. The number of hydrogen-bond donors (Lipinski definition) is 1. The predicted molar refractivity (Wildman–Crippen MR) is 122 cm³/mol. The van der Waals surface area contributed by atoms with Gasteiger partial charge in [0.15, 0.2) is 0 Å². The fourth-order valence-electron chi connectivity index (χ4n) is 4.32. The van der Waals surface area contributed by atoms with Gasteiger partial charge in [0.05, 0.1) is 13.2 Å². The van der Waals surface area contributed by atoms with E-state index in [4.69, 9.17) is 9.47 Å². The number of hydrogen-bond acceptors (Lipinski definition) is 6. The molecular formula is C25H34FN3O3. The van der Waals surface area contributed by atoms with Crippen molar-refractivity contribution in [1.29, 1.82) is 0 Å². The SMILES string of the molecule is OC(COc1cccc(CN2CCN(Cc3cccc(F)c3)CC2)c1)CN1CCOCC1. The molecule has 0 saturated carbocycles. The summed E-state index contributed by atoms with van der Waals surface area (Å²) in [5.74, 6) is 0.630. The molecule has 0 spiro atoms. The normalized spacial score (nSPS) is 19.7. The zero-order valence-corrected chi connectivity index (χ0v) is 18.7. The van der Waals surface area contributed by atoms with Gasteiger partial charge in [-0.2, -0.15) is 0 Å². The highest BCUT2D eigenvalue weighted by atomic mass is 19.1. The van der Waals surface area contributed by atoms with E-state index in [-0.39, 0.29) is 5.82 Å². The molecule has 2 fully saturated rings. The summed E-state index contributed by atoms with van der Waals surface area (Å²) in [6.07, 6.45) is -0.511.